The second kappa shape index (κ2) is 3.61. The molecule has 2 aliphatic carbocycles. The summed E-state index contributed by atoms with van der Waals surface area (Å²) < 4.78 is 0. The summed E-state index contributed by atoms with van der Waals surface area (Å²) in [6.45, 7) is 4.68. The van der Waals surface area contributed by atoms with Crippen LogP contribution in [0.4, 0.5) is 0 Å². The molecule has 2 heteroatoms. The van der Waals surface area contributed by atoms with Gasteiger partial charge >= 0.3 is 0 Å². The second-order valence-electron chi connectivity index (χ2n) is 6.13. The van der Waals surface area contributed by atoms with Crippen molar-refractivity contribution in [2.24, 2.45) is 23.2 Å². The lowest BCUT2D eigenvalue weighted by Gasteiger charge is -2.50. The maximum Gasteiger partial charge on any atom is 0.0582 e. The van der Waals surface area contributed by atoms with Crippen molar-refractivity contribution in [3.63, 3.8) is 0 Å². The van der Waals surface area contributed by atoms with Gasteiger partial charge in [-0.05, 0) is 55.3 Å². The highest BCUT2D eigenvalue weighted by atomic mass is 14.5. The van der Waals surface area contributed by atoms with Gasteiger partial charge in [-0.25, -0.2) is 0 Å². The van der Waals surface area contributed by atoms with Crippen molar-refractivity contribution >= 4 is 15.7 Å². The molecule has 74 valence electrons. The van der Waals surface area contributed by atoms with Gasteiger partial charge in [0, 0.05) is 0 Å². The molecule has 0 nitrogen and oxygen atoms in total. The molecule has 2 bridgehead atoms. The Morgan fingerprint density at radius 3 is 2.00 bits per heavy atom. The largest absolute Gasteiger partial charge is 0.104 e. The van der Waals surface area contributed by atoms with Crippen LogP contribution in [0.25, 0.3) is 0 Å². The van der Waals surface area contributed by atoms with Gasteiger partial charge in [-0.3, -0.25) is 0 Å². The van der Waals surface area contributed by atoms with Crippen molar-refractivity contribution in [1.29, 1.82) is 0 Å². The van der Waals surface area contributed by atoms with Gasteiger partial charge in [0.05, 0.1) is 15.7 Å². The maximum absolute atomic E-state index is 5.92. The molecule has 4 radical (unpaired) electrons. The number of fused-ring (bicyclic) bond motifs is 2. The van der Waals surface area contributed by atoms with Crippen molar-refractivity contribution in [1.82, 2.24) is 0 Å². The minimum absolute atomic E-state index is 0.124. The third-order valence-corrected chi connectivity index (χ3v) is 4.45. The standard InChI is InChI=1S/C12H20B2/c1-8-3-9-5-10(4-8)7-12(2,6-9)11(13)14/h8-11H,3-7H2,1-2H3. The van der Waals surface area contributed by atoms with Crippen LogP contribution in [0.5, 0.6) is 0 Å². The predicted octanol–water partition coefficient (Wildman–Crippen LogP) is 2.92. The summed E-state index contributed by atoms with van der Waals surface area (Å²) in [6.07, 6.45) is 6.75. The SMILES string of the molecule is [B]C([B])C1(C)CC2CC(C)CC(C2)C1. The molecule has 14 heavy (non-hydrogen) atoms. The Kier molecular flexibility index (Phi) is 2.74. The zero-order chi connectivity index (χ0) is 10.3. The highest BCUT2D eigenvalue weighted by Gasteiger charge is 2.41. The van der Waals surface area contributed by atoms with Gasteiger partial charge in [0.15, 0.2) is 0 Å². The maximum atomic E-state index is 5.92. The first kappa shape index (κ1) is 10.6. The van der Waals surface area contributed by atoms with Crippen molar-refractivity contribution in [2.75, 3.05) is 0 Å². The Balaban J connectivity index is 2.08. The Labute approximate surface area is 91.0 Å². The molecular weight excluding hydrogens is 166 g/mol. The predicted molar refractivity (Wildman–Crippen MR) is 62.6 cm³/mol. The Hall–Kier alpha value is 0.130. The van der Waals surface area contributed by atoms with E-state index in [1.54, 1.807) is 0 Å². The molecule has 2 unspecified atom stereocenters. The Morgan fingerprint density at radius 2 is 1.57 bits per heavy atom. The molecule has 0 aromatic carbocycles. The molecule has 0 N–H and O–H groups in total. The van der Waals surface area contributed by atoms with Crippen LogP contribution in [-0.4, -0.2) is 15.7 Å². The third kappa shape index (κ3) is 1.90. The molecule has 2 fully saturated rings. The van der Waals surface area contributed by atoms with Crippen LogP contribution in [0.1, 0.15) is 46.0 Å². The van der Waals surface area contributed by atoms with Crippen LogP contribution in [-0.2, 0) is 0 Å². The van der Waals surface area contributed by atoms with E-state index in [4.69, 9.17) is 15.7 Å². The smallest absolute Gasteiger partial charge is 0.0582 e. The molecule has 0 aromatic heterocycles. The summed E-state index contributed by atoms with van der Waals surface area (Å²) in [5.74, 6) is 2.73. The third-order valence-electron chi connectivity index (χ3n) is 4.45. The summed E-state index contributed by atoms with van der Waals surface area (Å²) >= 11 is 0. The molecule has 2 aliphatic rings. The Bertz CT molecular complexity index is 194. The van der Waals surface area contributed by atoms with Crippen LogP contribution in [0.3, 0.4) is 0 Å². The van der Waals surface area contributed by atoms with E-state index >= 15 is 0 Å². The molecular formula is C12H20B2. The molecule has 2 atom stereocenters. The highest BCUT2D eigenvalue weighted by Crippen LogP contribution is 2.53. The van der Waals surface area contributed by atoms with Crippen molar-refractivity contribution in [3.05, 3.63) is 0 Å². The second-order valence-corrected chi connectivity index (χ2v) is 6.13. The fourth-order valence-corrected chi connectivity index (χ4v) is 3.91. The zero-order valence-corrected chi connectivity index (χ0v) is 9.50. The summed E-state index contributed by atoms with van der Waals surface area (Å²) in [4.78, 5) is 0. The van der Waals surface area contributed by atoms with Crippen LogP contribution in [0.15, 0.2) is 0 Å². The van der Waals surface area contributed by atoms with E-state index < -0.39 is 0 Å². The molecule has 2 saturated carbocycles. The molecule has 0 saturated heterocycles. The van der Waals surface area contributed by atoms with Crippen LogP contribution in [0.2, 0.25) is 5.72 Å². The van der Waals surface area contributed by atoms with E-state index in [0.29, 0.717) is 0 Å². The van der Waals surface area contributed by atoms with Gasteiger partial charge in [-0.15, -0.1) is 5.72 Å². The minimum atomic E-state index is -0.124. The zero-order valence-electron chi connectivity index (χ0n) is 9.50. The van der Waals surface area contributed by atoms with Crippen LogP contribution in [0, 0.1) is 23.2 Å². The van der Waals surface area contributed by atoms with Gasteiger partial charge in [0.2, 0.25) is 0 Å². The number of hydrogen-bond donors (Lipinski definition) is 0. The monoisotopic (exact) mass is 186 g/mol. The molecule has 0 heterocycles. The molecule has 0 aliphatic heterocycles. The van der Waals surface area contributed by atoms with E-state index in [0.717, 1.165) is 17.8 Å². The Morgan fingerprint density at radius 1 is 1.07 bits per heavy atom. The van der Waals surface area contributed by atoms with Crippen LogP contribution < -0.4 is 0 Å². The summed E-state index contributed by atoms with van der Waals surface area (Å²) in [5.41, 5.74) is 0.0921. The van der Waals surface area contributed by atoms with Gasteiger partial charge < -0.3 is 0 Å². The van der Waals surface area contributed by atoms with Gasteiger partial charge in [0.1, 0.15) is 0 Å². The van der Waals surface area contributed by atoms with Gasteiger partial charge in [0.25, 0.3) is 0 Å². The van der Waals surface area contributed by atoms with Crippen molar-refractivity contribution < 1.29 is 0 Å². The summed E-state index contributed by atoms with van der Waals surface area (Å²) in [5, 5.41) is 0. The van der Waals surface area contributed by atoms with Gasteiger partial charge in [-0.2, -0.15) is 0 Å². The first-order chi connectivity index (χ1) is 6.49. The topological polar surface area (TPSA) is 0 Å². The molecule has 0 aromatic rings. The van der Waals surface area contributed by atoms with Gasteiger partial charge in [-0.1, -0.05) is 13.8 Å². The lowest BCUT2D eigenvalue weighted by Crippen LogP contribution is -2.38. The fraction of sp³-hybridized carbons (Fsp3) is 1.00. The highest BCUT2D eigenvalue weighted by molar-refractivity contribution is 6.35. The average Bonchev–Trinajstić information content (AvgIpc) is 2.00. The average molecular weight is 186 g/mol. The van der Waals surface area contributed by atoms with Crippen molar-refractivity contribution in [2.45, 2.75) is 51.7 Å². The quantitative estimate of drug-likeness (QED) is 0.552. The molecule has 0 amide bonds. The van der Waals surface area contributed by atoms with E-state index in [2.05, 4.69) is 13.8 Å². The lowest BCUT2D eigenvalue weighted by atomic mass is 9.47. The molecule has 2 rings (SSSR count). The van der Waals surface area contributed by atoms with E-state index in [1.807, 2.05) is 0 Å². The first-order valence-electron chi connectivity index (χ1n) is 6.01. The van der Waals surface area contributed by atoms with Crippen LogP contribution >= 0.6 is 0 Å². The first-order valence-corrected chi connectivity index (χ1v) is 6.01. The van der Waals surface area contributed by atoms with E-state index in [1.165, 1.54) is 32.1 Å². The normalized spacial score (nSPS) is 48.1. The number of hydrogen-bond acceptors (Lipinski definition) is 0. The number of rotatable bonds is 1. The van der Waals surface area contributed by atoms with E-state index in [9.17, 15) is 0 Å². The lowest BCUT2D eigenvalue weighted by molar-refractivity contribution is 0.0534. The van der Waals surface area contributed by atoms with Crippen molar-refractivity contribution in [3.8, 4) is 0 Å². The minimum Gasteiger partial charge on any atom is -0.104 e. The summed E-state index contributed by atoms with van der Waals surface area (Å²) in [7, 11) is 11.8. The fourth-order valence-electron chi connectivity index (χ4n) is 3.91. The molecule has 0 spiro atoms. The van der Waals surface area contributed by atoms with E-state index in [-0.39, 0.29) is 11.1 Å². The summed E-state index contributed by atoms with van der Waals surface area (Å²) in [6, 6.07) is 0.